The topological polar surface area (TPSA) is 38.8 Å². The van der Waals surface area contributed by atoms with Crippen molar-refractivity contribution in [2.45, 2.75) is 38.6 Å². The third-order valence-corrected chi connectivity index (χ3v) is 3.30. The van der Waals surface area contributed by atoms with Gasteiger partial charge >= 0.3 is 5.97 Å². The lowest BCUT2D eigenvalue weighted by Gasteiger charge is -2.21. The van der Waals surface area contributed by atoms with Crippen molar-refractivity contribution in [2.75, 3.05) is 32.9 Å². The van der Waals surface area contributed by atoms with Crippen molar-refractivity contribution in [1.82, 2.24) is 4.90 Å². The van der Waals surface area contributed by atoms with E-state index in [1.165, 1.54) is 32.2 Å². The van der Waals surface area contributed by atoms with Crippen molar-refractivity contribution < 1.29 is 14.3 Å². The van der Waals surface area contributed by atoms with E-state index in [0.29, 0.717) is 13.2 Å². The highest BCUT2D eigenvalue weighted by molar-refractivity contribution is 5.70. The van der Waals surface area contributed by atoms with Gasteiger partial charge in [0.1, 0.15) is 6.61 Å². The van der Waals surface area contributed by atoms with Crippen LogP contribution in [-0.2, 0) is 14.3 Å². The summed E-state index contributed by atoms with van der Waals surface area (Å²) in [4.78, 5) is 13.6. The zero-order valence-electron chi connectivity index (χ0n) is 10.7. The first-order valence-corrected chi connectivity index (χ1v) is 6.77. The van der Waals surface area contributed by atoms with E-state index in [1.807, 2.05) is 6.92 Å². The smallest absolute Gasteiger partial charge is 0.332 e. The minimum absolute atomic E-state index is 0.0930. The highest BCUT2D eigenvalue weighted by atomic mass is 16.6. The van der Waals surface area contributed by atoms with Gasteiger partial charge in [-0.3, -0.25) is 4.90 Å². The molecule has 0 saturated heterocycles. The van der Waals surface area contributed by atoms with Gasteiger partial charge in [0.15, 0.2) is 0 Å². The number of nitrogens with zero attached hydrogens (tertiary/aromatic N) is 1. The molecular weight excluding hydrogens is 218 g/mol. The number of hydrogen-bond donors (Lipinski definition) is 0. The fraction of sp³-hybridized carbons (Fsp3) is 0.923. The largest absolute Gasteiger partial charge is 0.464 e. The Morgan fingerprint density at radius 2 is 2.06 bits per heavy atom. The fourth-order valence-corrected chi connectivity index (χ4v) is 2.03. The summed E-state index contributed by atoms with van der Waals surface area (Å²) < 4.78 is 10.1. The molecule has 0 bridgehead atoms. The van der Waals surface area contributed by atoms with Crippen LogP contribution in [0.25, 0.3) is 0 Å². The number of carbonyl (C=O) groups excluding carboxylic acids is 1. The fourth-order valence-electron chi connectivity index (χ4n) is 2.03. The maximum atomic E-state index is 11.1. The molecule has 17 heavy (non-hydrogen) atoms. The summed E-state index contributed by atoms with van der Waals surface area (Å²) in [6.07, 6.45) is 5.47. The average Bonchev–Trinajstić information content (AvgIpc) is 3.15. The summed E-state index contributed by atoms with van der Waals surface area (Å²) in [5.41, 5.74) is 0. The van der Waals surface area contributed by atoms with E-state index in [0.717, 1.165) is 18.5 Å². The quantitative estimate of drug-likeness (QED) is 0.452. The van der Waals surface area contributed by atoms with Gasteiger partial charge in [0, 0.05) is 19.1 Å². The molecule has 0 spiro atoms. The molecule has 0 aliphatic heterocycles. The van der Waals surface area contributed by atoms with Crippen LogP contribution >= 0.6 is 0 Å². The van der Waals surface area contributed by atoms with Crippen LogP contribution < -0.4 is 0 Å². The van der Waals surface area contributed by atoms with Crippen molar-refractivity contribution in [2.24, 2.45) is 5.92 Å². The zero-order valence-corrected chi connectivity index (χ0v) is 10.7. The maximum absolute atomic E-state index is 11.1. The van der Waals surface area contributed by atoms with Crippen LogP contribution in [0.5, 0.6) is 0 Å². The van der Waals surface area contributed by atoms with Gasteiger partial charge in [0.2, 0.25) is 0 Å². The predicted octanol–water partition coefficient (Wildman–Crippen LogP) is 1.44. The van der Waals surface area contributed by atoms with E-state index in [2.05, 4.69) is 4.90 Å². The van der Waals surface area contributed by atoms with E-state index in [9.17, 15) is 4.79 Å². The second kappa shape index (κ2) is 6.36. The number of rotatable bonds is 9. The molecule has 2 aliphatic carbocycles. The van der Waals surface area contributed by atoms with E-state index < -0.39 is 0 Å². The van der Waals surface area contributed by atoms with Gasteiger partial charge in [0.05, 0.1) is 13.2 Å². The molecule has 4 heteroatoms. The SMILES string of the molecule is CCOC(=O)COCCN(CC1CC1)C1CC1. The highest BCUT2D eigenvalue weighted by Crippen LogP contribution is 2.34. The van der Waals surface area contributed by atoms with Gasteiger partial charge in [0.25, 0.3) is 0 Å². The number of ether oxygens (including phenoxy) is 2. The van der Waals surface area contributed by atoms with Crippen molar-refractivity contribution >= 4 is 5.97 Å². The lowest BCUT2D eigenvalue weighted by molar-refractivity contribution is -0.148. The third kappa shape index (κ3) is 5.04. The second-order valence-corrected chi connectivity index (χ2v) is 5.03. The van der Waals surface area contributed by atoms with Crippen LogP contribution in [0.4, 0.5) is 0 Å². The normalized spacial score (nSPS) is 19.6. The monoisotopic (exact) mass is 241 g/mol. The van der Waals surface area contributed by atoms with Gasteiger partial charge in [-0.05, 0) is 38.5 Å². The van der Waals surface area contributed by atoms with E-state index in [4.69, 9.17) is 9.47 Å². The van der Waals surface area contributed by atoms with Crippen LogP contribution in [0.3, 0.4) is 0 Å². The van der Waals surface area contributed by atoms with Crippen LogP contribution in [0, 0.1) is 5.92 Å². The summed E-state index contributed by atoms with van der Waals surface area (Å²) in [6, 6.07) is 0.793. The molecular formula is C13H23NO3. The Hall–Kier alpha value is -0.610. The van der Waals surface area contributed by atoms with E-state index in [-0.39, 0.29) is 12.6 Å². The molecule has 2 rings (SSSR count). The first-order valence-electron chi connectivity index (χ1n) is 6.77. The first-order chi connectivity index (χ1) is 8.29. The summed E-state index contributed by atoms with van der Waals surface area (Å²) in [6.45, 7) is 5.16. The molecule has 4 nitrogen and oxygen atoms in total. The first kappa shape index (κ1) is 12.8. The summed E-state index contributed by atoms with van der Waals surface area (Å²) in [5, 5.41) is 0. The average molecular weight is 241 g/mol. The summed E-state index contributed by atoms with van der Waals surface area (Å²) >= 11 is 0. The molecule has 2 aliphatic rings. The molecule has 0 heterocycles. The summed E-state index contributed by atoms with van der Waals surface area (Å²) in [7, 11) is 0. The summed E-state index contributed by atoms with van der Waals surface area (Å²) in [5.74, 6) is 0.674. The molecule has 0 N–H and O–H groups in total. The highest BCUT2D eigenvalue weighted by Gasteiger charge is 2.33. The molecule has 2 fully saturated rings. The predicted molar refractivity (Wildman–Crippen MR) is 64.8 cm³/mol. The molecule has 0 amide bonds. The molecule has 0 atom stereocenters. The van der Waals surface area contributed by atoms with Crippen molar-refractivity contribution in [1.29, 1.82) is 0 Å². The van der Waals surface area contributed by atoms with Crippen LogP contribution in [0.1, 0.15) is 32.6 Å². The number of carbonyl (C=O) groups is 1. The Kier molecular flexibility index (Phi) is 4.80. The Bertz CT molecular complexity index is 249. The Morgan fingerprint density at radius 1 is 1.29 bits per heavy atom. The van der Waals surface area contributed by atoms with Crippen molar-refractivity contribution in [3.63, 3.8) is 0 Å². The molecule has 0 aromatic carbocycles. The standard InChI is InChI=1S/C13H23NO3/c1-2-17-13(15)10-16-8-7-14(12-5-6-12)9-11-3-4-11/h11-12H,2-10H2,1H3. The van der Waals surface area contributed by atoms with Gasteiger partial charge in [-0.15, -0.1) is 0 Å². The molecule has 0 aromatic heterocycles. The Balaban J connectivity index is 1.54. The van der Waals surface area contributed by atoms with E-state index in [1.54, 1.807) is 0 Å². The molecule has 0 aromatic rings. The molecule has 98 valence electrons. The molecule has 2 saturated carbocycles. The van der Waals surface area contributed by atoms with Gasteiger partial charge in [-0.25, -0.2) is 4.79 Å². The van der Waals surface area contributed by atoms with Gasteiger partial charge in [-0.1, -0.05) is 0 Å². The van der Waals surface area contributed by atoms with Gasteiger partial charge < -0.3 is 9.47 Å². The lowest BCUT2D eigenvalue weighted by atomic mass is 10.3. The molecule has 0 radical (unpaired) electrons. The van der Waals surface area contributed by atoms with Crippen molar-refractivity contribution in [3.05, 3.63) is 0 Å². The molecule has 0 unspecified atom stereocenters. The van der Waals surface area contributed by atoms with Crippen LogP contribution in [0.15, 0.2) is 0 Å². The Labute approximate surface area is 103 Å². The second-order valence-electron chi connectivity index (χ2n) is 5.03. The number of hydrogen-bond acceptors (Lipinski definition) is 4. The lowest BCUT2D eigenvalue weighted by Crippen LogP contribution is -2.32. The minimum atomic E-state index is -0.257. The third-order valence-electron chi connectivity index (χ3n) is 3.30. The Morgan fingerprint density at radius 3 is 2.65 bits per heavy atom. The van der Waals surface area contributed by atoms with Crippen LogP contribution in [0.2, 0.25) is 0 Å². The minimum Gasteiger partial charge on any atom is -0.464 e. The van der Waals surface area contributed by atoms with E-state index >= 15 is 0 Å². The van der Waals surface area contributed by atoms with Crippen LogP contribution in [-0.4, -0.2) is 49.8 Å². The zero-order chi connectivity index (χ0) is 12.1. The maximum Gasteiger partial charge on any atom is 0.332 e. The van der Waals surface area contributed by atoms with Crippen molar-refractivity contribution in [3.8, 4) is 0 Å². The van der Waals surface area contributed by atoms with Gasteiger partial charge in [-0.2, -0.15) is 0 Å². The number of esters is 1.